The van der Waals surface area contributed by atoms with Crippen LogP contribution in [0.25, 0.3) is 55.7 Å². The first-order valence-electron chi connectivity index (χ1n) is 11.5. The van der Waals surface area contributed by atoms with Gasteiger partial charge in [-0.1, -0.05) is 20.8 Å². The highest BCUT2D eigenvalue weighted by Gasteiger charge is 2.21. The minimum Gasteiger partial charge on any atom is -0.353 e. The van der Waals surface area contributed by atoms with Gasteiger partial charge in [-0.05, 0) is 35.7 Å². The third-order valence-electron chi connectivity index (χ3n) is 6.03. The minimum absolute atomic E-state index is 0.0673. The molecule has 6 aromatic heterocycles. The van der Waals surface area contributed by atoms with Crippen molar-refractivity contribution in [1.82, 2.24) is 30.1 Å². The number of aromatic amines is 2. The third kappa shape index (κ3) is 3.93. The molecule has 6 aromatic rings. The van der Waals surface area contributed by atoms with Crippen LogP contribution in [0.1, 0.15) is 20.8 Å². The van der Waals surface area contributed by atoms with Gasteiger partial charge in [0.15, 0.2) is 5.65 Å². The molecule has 178 valence electrons. The second-order valence-electron chi connectivity index (χ2n) is 9.68. The predicted molar refractivity (Wildman–Crippen MR) is 144 cm³/mol. The number of amides is 1. The van der Waals surface area contributed by atoms with Gasteiger partial charge in [-0.2, -0.15) is 16.4 Å². The van der Waals surface area contributed by atoms with Gasteiger partial charge in [-0.3, -0.25) is 19.9 Å². The number of thiophene rings is 1. The van der Waals surface area contributed by atoms with Crippen molar-refractivity contribution in [1.29, 1.82) is 0 Å². The second-order valence-corrected chi connectivity index (χ2v) is 10.5. The number of rotatable bonds is 4. The molecule has 0 aromatic carbocycles. The first kappa shape index (κ1) is 22.1. The fraction of sp³-hybridized carbons (Fsp3) is 0.148. The summed E-state index contributed by atoms with van der Waals surface area (Å²) in [5, 5.41) is 16.6. The Hall–Kier alpha value is -4.37. The molecule has 9 heteroatoms. The Kier molecular flexibility index (Phi) is 5.15. The molecule has 0 atom stereocenters. The molecule has 0 aliphatic carbocycles. The molecular formula is C27H23N7OS. The number of aromatic nitrogens is 6. The molecule has 6 heterocycles. The van der Waals surface area contributed by atoms with Crippen LogP contribution in [0.2, 0.25) is 0 Å². The Morgan fingerprint density at radius 1 is 0.972 bits per heavy atom. The minimum atomic E-state index is -0.499. The molecule has 0 bridgehead atoms. The lowest BCUT2D eigenvalue weighted by Crippen LogP contribution is -2.27. The summed E-state index contributed by atoms with van der Waals surface area (Å²) in [6, 6.07) is 10.1. The van der Waals surface area contributed by atoms with Gasteiger partial charge in [-0.15, -0.1) is 0 Å². The van der Waals surface area contributed by atoms with Crippen molar-refractivity contribution >= 4 is 44.9 Å². The van der Waals surface area contributed by atoms with Gasteiger partial charge in [0.2, 0.25) is 5.91 Å². The van der Waals surface area contributed by atoms with Crippen LogP contribution >= 0.6 is 11.3 Å². The van der Waals surface area contributed by atoms with Gasteiger partial charge in [0.25, 0.3) is 0 Å². The van der Waals surface area contributed by atoms with Crippen molar-refractivity contribution in [3.05, 3.63) is 65.9 Å². The SMILES string of the molecule is CC(C)(C)C(=O)Nc1cncc(-c2cnc3n[nH]c(-c4cc5c(-c6ccsc6)nccc5[nH]4)c3c2)c1. The molecule has 0 saturated carbocycles. The van der Waals surface area contributed by atoms with Gasteiger partial charge in [-0.25, -0.2) is 4.98 Å². The molecule has 36 heavy (non-hydrogen) atoms. The summed E-state index contributed by atoms with van der Waals surface area (Å²) in [5.74, 6) is -0.0673. The lowest BCUT2D eigenvalue weighted by atomic mass is 9.95. The van der Waals surface area contributed by atoms with Crippen LogP contribution in [-0.2, 0) is 4.79 Å². The van der Waals surface area contributed by atoms with Gasteiger partial charge < -0.3 is 10.3 Å². The lowest BCUT2D eigenvalue weighted by molar-refractivity contribution is -0.123. The maximum Gasteiger partial charge on any atom is 0.229 e. The Morgan fingerprint density at radius 2 is 1.83 bits per heavy atom. The van der Waals surface area contributed by atoms with E-state index in [0.29, 0.717) is 11.3 Å². The topological polar surface area (TPSA) is 112 Å². The van der Waals surface area contributed by atoms with E-state index in [-0.39, 0.29) is 5.91 Å². The number of nitrogens with one attached hydrogen (secondary N) is 3. The Morgan fingerprint density at radius 3 is 2.64 bits per heavy atom. The number of carbonyl (C=O) groups excluding carboxylic acids is 1. The number of H-pyrrole nitrogens is 2. The quantitative estimate of drug-likeness (QED) is 0.268. The van der Waals surface area contributed by atoms with E-state index >= 15 is 0 Å². The summed E-state index contributed by atoms with van der Waals surface area (Å²) in [7, 11) is 0. The van der Waals surface area contributed by atoms with Crippen molar-refractivity contribution < 1.29 is 4.79 Å². The summed E-state index contributed by atoms with van der Waals surface area (Å²) in [4.78, 5) is 29.4. The van der Waals surface area contributed by atoms with Crippen molar-refractivity contribution in [2.24, 2.45) is 5.41 Å². The van der Waals surface area contributed by atoms with Gasteiger partial charge in [0.05, 0.1) is 29.0 Å². The van der Waals surface area contributed by atoms with Crippen LogP contribution in [0.5, 0.6) is 0 Å². The van der Waals surface area contributed by atoms with E-state index in [1.54, 1.807) is 29.9 Å². The zero-order valence-corrected chi connectivity index (χ0v) is 20.8. The monoisotopic (exact) mass is 493 g/mol. The van der Waals surface area contributed by atoms with E-state index < -0.39 is 5.41 Å². The molecule has 1 amide bonds. The van der Waals surface area contributed by atoms with E-state index in [1.807, 2.05) is 45.2 Å². The number of pyridine rings is 3. The van der Waals surface area contributed by atoms with E-state index in [1.165, 1.54) is 0 Å². The standard InChI is InChI=1S/C27H23N7OS/c1-27(2,3)26(35)31-18-8-16(11-28-13-18)17-9-20-24(33-34-25(20)30-12-17)22-10-19-21(32-22)4-6-29-23(19)15-5-7-36-14-15/h4-14,32H,1-3H3,(H,31,35)(H,30,33,34). The number of hydrogen-bond donors (Lipinski definition) is 3. The number of fused-ring (bicyclic) bond motifs is 2. The van der Waals surface area contributed by atoms with Crippen LogP contribution in [0.4, 0.5) is 5.69 Å². The molecule has 0 radical (unpaired) electrons. The second kappa shape index (κ2) is 8.39. The van der Waals surface area contributed by atoms with Gasteiger partial charge in [0.1, 0.15) is 0 Å². The molecule has 3 N–H and O–H groups in total. The molecule has 0 saturated heterocycles. The average molecular weight is 494 g/mol. The lowest BCUT2D eigenvalue weighted by Gasteiger charge is -2.17. The molecular weight excluding hydrogens is 470 g/mol. The summed E-state index contributed by atoms with van der Waals surface area (Å²) in [6.07, 6.45) is 6.99. The molecule has 0 unspecified atom stereocenters. The van der Waals surface area contributed by atoms with Crippen molar-refractivity contribution in [3.63, 3.8) is 0 Å². The summed E-state index contributed by atoms with van der Waals surface area (Å²) < 4.78 is 0. The van der Waals surface area contributed by atoms with E-state index in [2.05, 4.69) is 58.3 Å². The van der Waals surface area contributed by atoms with E-state index in [9.17, 15) is 4.79 Å². The summed E-state index contributed by atoms with van der Waals surface area (Å²) in [6.45, 7) is 5.63. The molecule has 6 rings (SSSR count). The average Bonchev–Trinajstić information content (AvgIpc) is 3.62. The summed E-state index contributed by atoms with van der Waals surface area (Å²) in [5.41, 5.74) is 7.28. The normalized spacial score (nSPS) is 11.9. The fourth-order valence-corrected chi connectivity index (χ4v) is 4.71. The Balaban J connectivity index is 1.40. The molecule has 0 fully saturated rings. The number of carbonyl (C=O) groups is 1. The summed E-state index contributed by atoms with van der Waals surface area (Å²) >= 11 is 1.65. The zero-order chi connectivity index (χ0) is 24.9. The molecule has 0 aliphatic heterocycles. The molecule has 8 nitrogen and oxygen atoms in total. The predicted octanol–water partition coefficient (Wildman–Crippen LogP) is 6.28. The molecule has 0 aliphatic rings. The van der Waals surface area contributed by atoms with E-state index in [4.69, 9.17) is 0 Å². The smallest absolute Gasteiger partial charge is 0.229 e. The van der Waals surface area contributed by atoms with Crippen LogP contribution in [0, 0.1) is 5.41 Å². The van der Waals surface area contributed by atoms with Crippen molar-refractivity contribution in [2.75, 3.05) is 5.32 Å². The highest BCUT2D eigenvalue weighted by atomic mass is 32.1. The Labute approximate surface area is 210 Å². The van der Waals surface area contributed by atoms with Crippen LogP contribution in [-0.4, -0.2) is 36.0 Å². The number of hydrogen-bond acceptors (Lipinski definition) is 6. The van der Waals surface area contributed by atoms with Gasteiger partial charge in [0, 0.05) is 62.4 Å². The fourth-order valence-electron chi connectivity index (χ4n) is 4.07. The van der Waals surface area contributed by atoms with Crippen molar-refractivity contribution in [2.45, 2.75) is 20.8 Å². The largest absolute Gasteiger partial charge is 0.353 e. The van der Waals surface area contributed by atoms with E-state index in [0.717, 1.165) is 50.1 Å². The maximum atomic E-state index is 12.4. The maximum absolute atomic E-state index is 12.4. The zero-order valence-electron chi connectivity index (χ0n) is 20.0. The van der Waals surface area contributed by atoms with Crippen LogP contribution in [0.3, 0.4) is 0 Å². The van der Waals surface area contributed by atoms with Crippen molar-refractivity contribution in [3.8, 4) is 33.8 Å². The third-order valence-corrected chi connectivity index (χ3v) is 6.72. The highest BCUT2D eigenvalue weighted by molar-refractivity contribution is 7.08. The number of anilines is 1. The Bertz CT molecular complexity index is 1720. The van der Waals surface area contributed by atoms with Gasteiger partial charge >= 0.3 is 0 Å². The first-order valence-corrected chi connectivity index (χ1v) is 12.4. The van der Waals surface area contributed by atoms with Crippen LogP contribution < -0.4 is 5.32 Å². The first-order chi connectivity index (χ1) is 17.4. The molecule has 0 spiro atoms. The number of nitrogens with zero attached hydrogens (tertiary/aromatic N) is 4. The highest BCUT2D eigenvalue weighted by Crippen LogP contribution is 2.34. The van der Waals surface area contributed by atoms with Crippen LogP contribution in [0.15, 0.2) is 65.9 Å².